The minimum absolute atomic E-state index is 0.332. The zero-order valence-corrected chi connectivity index (χ0v) is 22.5. The molecular weight excluding hydrogens is 527 g/mol. The van der Waals surface area contributed by atoms with Gasteiger partial charge in [0.25, 0.3) is 5.91 Å². The van der Waals surface area contributed by atoms with Gasteiger partial charge in [0.05, 0.1) is 17.2 Å². The third kappa shape index (κ3) is 6.03. The highest BCUT2D eigenvalue weighted by atomic mass is 35.5. The summed E-state index contributed by atoms with van der Waals surface area (Å²) in [6.45, 7) is 0.393. The Balaban J connectivity index is 1.51. The number of methoxy groups -OCH3 is 1. The van der Waals surface area contributed by atoms with Crippen LogP contribution in [0.3, 0.4) is 0 Å². The molecule has 8 nitrogen and oxygen atoms in total. The number of nitrogens with zero attached hydrogens (tertiary/aromatic N) is 1. The normalized spacial score (nSPS) is 15.5. The van der Waals surface area contributed by atoms with Gasteiger partial charge >= 0.3 is 6.09 Å². The lowest BCUT2D eigenvalue weighted by Crippen LogP contribution is -2.48. The first-order chi connectivity index (χ1) is 18.3. The number of amides is 3. The Morgan fingerprint density at radius 1 is 0.947 bits per heavy atom. The second-order valence-electron chi connectivity index (χ2n) is 8.80. The lowest BCUT2D eigenvalue weighted by atomic mass is 10.0. The first kappa shape index (κ1) is 27.3. The molecule has 0 radical (unpaired) electrons. The van der Waals surface area contributed by atoms with E-state index in [0.29, 0.717) is 40.7 Å². The average molecular weight is 555 g/mol. The van der Waals surface area contributed by atoms with Crippen molar-refractivity contribution >= 4 is 52.5 Å². The minimum atomic E-state index is -0.982. The fraction of sp³-hybridized carbons (Fsp3) is 0.250. The Morgan fingerprint density at radius 2 is 1.58 bits per heavy atom. The Hall–Kier alpha value is -3.75. The molecule has 0 bridgehead atoms. The molecule has 1 saturated heterocycles. The van der Waals surface area contributed by atoms with Crippen molar-refractivity contribution in [1.29, 1.82) is 0 Å². The summed E-state index contributed by atoms with van der Waals surface area (Å²) in [5.74, 6) is -0.715. The van der Waals surface area contributed by atoms with E-state index in [2.05, 4.69) is 16.0 Å². The summed E-state index contributed by atoms with van der Waals surface area (Å²) in [4.78, 5) is 40.3. The first-order valence-corrected chi connectivity index (χ1v) is 12.9. The second-order valence-corrected chi connectivity index (χ2v) is 9.61. The van der Waals surface area contributed by atoms with Crippen LogP contribution in [0.15, 0.2) is 66.7 Å². The number of nitrogens with one attached hydrogen (secondary N) is 3. The largest absolute Gasteiger partial charge is 0.453 e. The summed E-state index contributed by atoms with van der Waals surface area (Å²) in [6.07, 6.45) is 0.420. The van der Waals surface area contributed by atoms with E-state index in [-0.39, 0.29) is 11.8 Å². The number of ether oxygens (including phenoxy) is 1. The van der Waals surface area contributed by atoms with Crippen LogP contribution in [0.25, 0.3) is 11.1 Å². The molecule has 4 rings (SSSR count). The van der Waals surface area contributed by atoms with Crippen LogP contribution >= 0.6 is 23.2 Å². The molecule has 3 N–H and O–H groups in total. The molecule has 3 aromatic carbocycles. The van der Waals surface area contributed by atoms with Gasteiger partial charge < -0.3 is 25.6 Å². The number of rotatable bonds is 7. The summed E-state index contributed by atoms with van der Waals surface area (Å²) in [7, 11) is 3.04. The number of carbonyl (C=O) groups is 3. The molecule has 0 saturated carbocycles. The third-order valence-electron chi connectivity index (χ3n) is 6.45. The smallest absolute Gasteiger partial charge is 0.407 e. The van der Waals surface area contributed by atoms with Gasteiger partial charge in [0.2, 0.25) is 5.91 Å². The molecule has 1 fully saturated rings. The summed E-state index contributed by atoms with van der Waals surface area (Å²) >= 11 is 13.0. The summed E-state index contributed by atoms with van der Waals surface area (Å²) < 4.78 is 4.72. The summed E-state index contributed by atoms with van der Waals surface area (Å²) in [5, 5.41) is 9.48. The molecule has 1 heterocycles. The number of anilines is 2. The molecule has 198 valence electrons. The van der Waals surface area contributed by atoms with E-state index in [9.17, 15) is 14.4 Å². The van der Waals surface area contributed by atoms with E-state index >= 15 is 0 Å². The molecule has 0 aromatic heterocycles. The molecule has 2 unspecified atom stereocenters. The maximum atomic E-state index is 13.5. The minimum Gasteiger partial charge on any atom is -0.453 e. The van der Waals surface area contributed by atoms with Crippen LogP contribution < -0.4 is 16.0 Å². The lowest BCUT2D eigenvalue weighted by Gasteiger charge is -2.28. The zero-order chi connectivity index (χ0) is 27.2. The van der Waals surface area contributed by atoms with E-state index in [0.717, 1.165) is 16.8 Å². The molecule has 10 heteroatoms. The number of alkyl carbamates (subject to hydrolysis) is 1. The molecule has 3 amide bonds. The maximum absolute atomic E-state index is 13.5. The van der Waals surface area contributed by atoms with E-state index in [1.807, 2.05) is 31.3 Å². The van der Waals surface area contributed by atoms with Gasteiger partial charge in [-0.3, -0.25) is 9.59 Å². The molecule has 2 atom stereocenters. The Morgan fingerprint density at radius 3 is 2.18 bits per heavy atom. The predicted octanol–water partition coefficient (Wildman–Crippen LogP) is 5.73. The molecule has 0 spiro atoms. The fourth-order valence-corrected chi connectivity index (χ4v) is 5.07. The van der Waals surface area contributed by atoms with Crippen molar-refractivity contribution in [2.45, 2.75) is 24.9 Å². The SMILES string of the molecule is CNc1ccc(-c2ccc(NC(=O)C3CCCN3C(=O)C(NC(=O)OC)c3ccccc3)cc2Cl)c(Cl)c1. The van der Waals surface area contributed by atoms with E-state index in [1.54, 1.807) is 42.5 Å². The first-order valence-electron chi connectivity index (χ1n) is 12.1. The zero-order valence-electron chi connectivity index (χ0n) is 21.0. The Labute approximate surface area is 231 Å². The van der Waals surface area contributed by atoms with Crippen LogP contribution in [0.4, 0.5) is 16.2 Å². The molecule has 0 aliphatic carbocycles. The highest BCUT2D eigenvalue weighted by molar-refractivity contribution is 6.36. The molecule has 1 aliphatic rings. The van der Waals surface area contributed by atoms with Gasteiger partial charge in [-0.05, 0) is 42.7 Å². The van der Waals surface area contributed by atoms with Crippen molar-refractivity contribution in [2.75, 3.05) is 31.3 Å². The van der Waals surface area contributed by atoms with Crippen molar-refractivity contribution < 1.29 is 19.1 Å². The van der Waals surface area contributed by atoms with E-state index in [1.165, 1.54) is 12.0 Å². The number of halogens is 2. The van der Waals surface area contributed by atoms with Crippen LogP contribution in [-0.4, -0.2) is 49.6 Å². The van der Waals surface area contributed by atoms with Crippen molar-refractivity contribution in [1.82, 2.24) is 10.2 Å². The number of benzene rings is 3. The van der Waals surface area contributed by atoms with Gasteiger partial charge in [-0.15, -0.1) is 0 Å². The third-order valence-corrected chi connectivity index (χ3v) is 7.08. The monoisotopic (exact) mass is 554 g/mol. The number of hydrogen-bond acceptors (Lipinski definition) is 5. The highest BCUT2D eigenvalue weighted by Gasteiger charge is 2.38. The van der Waals surface area contributed by atoms with Crippen molar-refractivity contribution in [2.24, 2.45) is 0 Å². The number of carbonyl (C=O) groups excluding carboxylic acids is 3. The maximum Gasteiger partial charge on any atom is 0.407 e. The van der Waals surface area contributed by atoms with Crippen LogP contribution in [0.1, 0.15) is 24.4 Å². The van der Waals surface area contributed by atoms with Gasteiger partial charge in [-0.2, -0.15) is 0 Å². The van der Waals surface area contributed by atoms with Crippen LogP contribution in [0.5, 0.6) is 0 Å². The standard InChI is InChI=1S/C28H28Cl2N4O4/c1-31-18-10-12-20(22(29)15-18)21-13-11-19(16-23(21)30)32-26(35)24-9-6-14-34(24)27(36)25(33-28(37)38-2)17-7-4-3-5-8-17/h3-5,7-8,10-13,15-16,24-25,31H,6,9,14H2,1-2H3,(H,32,35)(H,33,37). The molecular formula is C28H28Cl2N4O4. The number of likely N-dealkylation sites (tertiary alicyclic amines) is 1. The second kappa shape index (κ2) is 12.2. The summed E-state index contributed by atoms with van der Waals surface area (Å²) in [5.41, 5.74) is 3.47. The highest BCUT2D eigenvalue weighted by Crippen LogP contribution is 2.36. The van der Waals surface area contributed by atoms with E-state index in [4.69, 9.17) is 27.9 Å². The fourth-order valence-electron chi connectivity index (χ4n) is 4.50. The quantitative estimate of drug-likeness (QED) is 0.346. The van der Waals surface area contributed by atoms with Gasteiger partial charge in [0.1, 0.15) is 12.1 Å². The van der Waals surface area contributed by atoms with Crippen LogP contribution in [0.2, 0.25) is 10.0 Å². The Bertz CT molecular complexity index is 1340. The molecule has 38 heavy (non-hydrogen) atoms. The Kier molecular flexibility index (Phi) is 8.76. The van der Waals surface area contributed by atoms with Crippen LogP contribution in [0, 0.1) is 0 Å². The van der Waals surface area contributed by atoms with Gasteiger partial charge in [-0.25, -0.2) is 4.79 Å². The van der Waals surface area contributed by atoms with Gasteiger partial charge in [0.15, 0.2) is 0 Å². The summed E-state index contributed by atoms with van der Waals surface area (Å²) in [6, 6.07) is 18.0. The van der Waals surface area contributed by atoms with E-state index < -0.39 is 18.2 Å². The predicted molar refractivity (Wildman–Crippen MR) is 150 cm³/mol. The van der Waals surface area contributed by atoms with Crippen LogP contribution in [-0.2, 0) is 14.3 Å². The van der Waals surface area contributed by atoms with Crippen molar-refractivity contribution in [3.8, 4) is 11.1 Å². The van der Waals surface area contributed by atoms with Crippen molar-refractivity contribution in [3.05, 3.63) is 82.3 Å². The average Bonchev–Trinajstić information content (AvgIpc) is 3.42. The van der Waals surface area contributed by atoms with Gasteiger partial charge in [-0.1, -0.05) is 65.7 Å². The molecule has 3 aromatic rings. The van der Waals surface area contributed by atoms with Crippen molar-refractivity contribution in [3.63, 3.8) is 0 Å². The van der Waals surface area contributed by atoms with Gasteiger partial charge in [0, 0.05) is 36.1 Å². The topological polar surface area (TPSA) is 99.8 Å². The lowest BCUT2D eigenvalue weighted by molar-refractivity contribution is -0.138. The number of hydrogen-bond donors (Lipinski definition) is 3. The molecule has 1 aliphatic heterocycles.